The van der Waals surface area contributed by atoms with Crippen LogP contribution in [0.4, 0.5) is 5.69 Å². The van der Waals surface area contributed by atoms with Gasteiger partial charge in [0.05, 0.1) is 33.7 Å². The van der Waals surface area contributed by atoms with E-state index in [4.69, 9.17) is 20.8 Å². The molecule has 1 aliphatic carbocycles. The number of nitrogen functional groups attached to an aromatic ring is 1. The second-order valence-electron chi connectivity index (χ2n) is 6.92. The fourth-order valence-corrected chi connectivity index (χ4v) is 2.35. The predicted octanol–water partition coefficient (Wildman–Crippen LogP) is 0.911. The maximum absolute atomic E-state index is 6.22. The Morgan fingerprint density at radius 2 is 1.65 bits per heavy atom. The van der Waals surface area contributed by atoms with E-state index in [1.165, 1.54) is 0 Å². The van der Waals surface area contributed by atoms with Crippen LogP contribution in [-0.2, 0) is 14.8 Å². The normalized spacial score (nSPS) is 25.8. The molecule has 0 atom stereocenters. The Bertz CT molecular complexity index is 539. The lowest BCUT2D eigenvalue weighted by molar-refractivity contribution is 0.00578. The maximum Gasteiger partial charge on any atom is 0.514 e. The lowest BCUT2D eigenvalue weighted by Crippen LogP contribution is -2.41. The molecular formula is C14H22BN3O2. The minimum absolute atomic E-state index is 0.357. The second kappa shape index (κ2) is 3.96. The van der Waals surface area contributed by atoms with Gasteiger partial charge in [-0.2, -0.15) is 0 Å². The average molecular weight is 275 g/mol. The first-order valence-corrected chi connectivity index (χ1v) is 7.06. The summed E-state index contributed by atoms with van der Waals surface area (Å²) in [5.74, 6) is 0. The Morgan fingerprint density at radius 3 is 2.15 bits per heavy atom. The number of pyridine rings is 1. The highest BCUT2D eigenvalue weighted by atomic mass is 16.7. The molecule has 0 unspecified atom stereocenters. The minimum atomic E-state index is -0.471. The van der Waals surface area contributed by atoms with Gasteiger partial charge in [0.15, 0.2) is 0 Å². The minimum Gasteiger partial charge on any atom is -0.398 e. The highest BCUT2D eigenvalue weighted by Crippen LogP contribution is 2.43. The van der Waals surface area contributed by atoms with E-state index < -0.39 is 7.12 Å². The summed E-state index contributed by atoms with van der Waals surface area (Å²) in [5.41, 5.74) is 13.3. The maximum atomic E-state index is 6.22. The van der Waals surface area contributed by atoms with Gasteiger partial charge in [-0.25, -0.2) is 0 Å². The van der Waals surface area contributed by atoms with Crippen molar-refractivity contribution >= 4 is 18.4 Å². The summed E-state index contributed by atoms with van der Waals surface area (Å²) in [5, 5.41) is 0. The number of rotatable bonds is 2. The summed E-state index contributed by atoms with van der Waals surface area (Å²) in [6.45, 7) is 8.10. The van der Waals surface area contributed by atoms with Crippen LogP contribution >= 0.6 is 0 Å². The Labute approximate surface area is 120 Å². The van der Waals surface area contributed by atoms with Crippen LogP contribution in [0.25, 0.3) is 0 Å². The van der Waals surface area contributed by atoms with E-state index in [0.717, 1.165) is 24.1 Å². The molecule has 0 bridgehead atoms. The van der Waals surface area contributed by atoms with Gasteiger partial charge in [-0.15, -0.1) is 0 Å². The van der Waals surface area contributed by atoms with E-state index in [1.54, 1.807) is 0 Å². The Balaban J connectivity index is 1.93. The lowest BCUT2D eigenvalue weighted by atomic mass is 9.83. The fraction of sp³-hybridized carbons (Fsp3) is 0.643. The van der Waals surface area contributed by atoms with Crippen molar-refractivity contribution in [2.45, 2.75) is 57.3 Å². The van der Waals surface area contributed by atoms with Gasteiger partial charge in [0.1, 0.15) is 0 Å². The smallest absolute Gasteiger partial charge is 0.398 e. The Kier molecular flexibility index (Phi) is 2.75. The van der Waals surface area contributed by atoms with Gasteiger partial charge in [0, 0.05) is 0 Å². The largest absolute Gasteiger partial charge is 0.514 e. The zero-order valence-electron chi connectivity index (χ0n) is 12.6. The van der Waals surface area contributed by atoms with Crippen LogP contribution in [0.15, 0.2) is 12.1 Å². The van der Waals surface area contributed by atoms with Gasteiger partial charge in [-0.3, -0.25) is 4.98 Å². The molecule has 6 heteroatoms. The van der Waals surface area contributed by atoms with Crippen molar-refractivity contribution in [1.29, 1.82) is 0 Å². The summed E-state index contributed by atoms with van der Waals surface area (Å²) < 4.78 is 12.0. The topological polar surface area (TPSA) is 83.4 Å². The zero-order chi connectivity index (χ0) is 14.8. The van der Waals surface area contributed by atoms with Crippen LogP contribution in [0, 0.1) is 0 Å². The van der Waals surface area contributed by atoms with E-state index >= 15 is 0 Å². The molecular weight excluding hydrogens is 253 g/mol. The van der Waals surface area contributed by atoms with Crippen molar-refractivity contribution < 1.29 is 9.31 Å². The van der Waals surface area contributed by atoms with Crippen molar-refractivity contribution in [2.24, 2.45) is 5.73 Å². The van der Waals surface area contributed by atoms with Crippen molar-refractivity contribution in [2.75, 3.05) is 5.73 Å². The third-order valence-electron chi connectivity index (χ3n) is 4.70. The second-order valence-corrected chi connectivity index (χ2v) is 6.92. The molecule has 3 rings (SSSR count). The molecule has 2 heterocycles. The molecule has 20 heavy (non-hydrogen) atoms. The molecule has 1 aromatic heterocycles. The van der Waals surface area contributed by atoms with Gasteiger partial charge < -0.3 is 20.8 Å². The van der Waals surface area contributed by atoms with Crippen LogP contribution in [0.3, 0.4) is 0 Å². The fourth-order valence-electron chi connectivity index (χ4n) is 2.35. The van der Waals surface area contributed by atoms with Gasteiger partial charge in [0.25, 0.3) is 0 Å². The predicted molar refractivity (Wildman–Crippen MR) is 79.5 cm³/mol. The molecule has 4 N–H and O–H groups in total. The number of aromatic nitrogens is 1. The van der Waals surface area contributed by atoms with Crippen LogP contribution in [0.2, 0.25) is 0 Å². The molecule has 0 radical (unpaired) electrons. The molecule has 5 nitrogen and oxygen atoms in total. The van der Waals surface area contributed by atoms with Crippen LogP contribution in [-0.4, -0.2) is 23.3 Å². The standard InChI is InChI=1S/C14H22BN3O2/c1-12(2)13(3,4)20-15(19-12)10-6-5-9(16)11(18-10)14(17)7-8-14/h5-6H,7-8,16-17H2,1-4H3. The molecule has 0 amide bonds. The van der Waals surface area contributed by atoms with Crippen molar-refractivity contribution in [3.05, 3.63) is 17.8 Å². The van der Waals surface area contributed by atoms with Crippen LogP contribution < -0.4 is 17.1 Å². The van der Waals surface area contributed by atoms with Crippen LogP contribution in [0.5, 0.6) is 0 Å². The summed E-state index contributed by atoms with van der Waals surface area (Å²) in [6, 6.07) is 3.70. The molecule has 0 aromatic carbocycles. The first-order chi connectivity index (χ1) is 9.15. The molecule has 2 fully saturated rings. The highest BCUT2D eigenvalue weighted by molar-refractivity contribution is 6.61. The molecule has 108 valence electrons. The van der Waals surface area contributed by atoms with Gasteiger partial charge in [0.2, 0.25) is 0 Å². The van der Waals surface area contributed by atoms with E-state index in [0.29, 0.717) is 5.69 Å². The Hall–Kier alpha value is -1.11. The zero-order valence-corrected chi connectivity index (χ0v) is 12.6. The summed E-state index contributed by atoms with van der Waals surface area (Å²) in [4.78, 5) is 4.62. The van der Waals surface area contributed by atoms with Crippen molar-refractivity contribution in [1.82, 2.24) is 4.98 Å². The highest BCUT2D eigenvalue weighted by Gasteiger charge is 2.53. The summed E-state index contributed by atoms with van der Waals surface area (Å²) >= 11 is 0. The first-order valence-electron chi connectivity index (χ1n) is 7.06. The summed E-state index contributed by atoms with van der Waals surface area (Å²) in [7, 11) is -0.471. The summed E-state index contributed by atoms with van der Waals surface area (Å²) in [6.07, 6.45) is 1.86. The third kappa shape index (κ3) is 2.03. The molecule has 1 aromatic rings. The van der Waals surface area contributed by atoms with Crippen LogP contribution in [0.1, 0.15) is 46.2 Å². The lowest BCUT2D eigenvalue weighted by Gasteiger charge is -2.32. The molecule has 1 aliphatic heterocycles. The molecule has 1 saturated heterocycles. The first kappa shape index (κ1) is 13.9. The number of anilines is 1. The SMILES string of the molecule is CC1(C)OB(c2ccc(N)c(C3(N)CC3)n2)OC1(C)C. The molecule has 2 aliphatic rings. The van der Waals surface area contributed by atoms with Gasteiger partial charge >= 0.3 is 7.12 Å². The monoisotopic (exact) mass is 275 g/mol. The number of hydrogen-bond donors (Lipinski definition) is 2. The number of hydrogen-bond acceptors (Lipinski definition) is 5. The van der Waals surface area contributed by atoms with E-state index in [1.807, 2.05) is 39.8 Å². The molecule has 0 spiro atoms. The molecule has 1 saturated carbocycles. The van der Waals surface area contributed by atoms with Gasteiger partial charge in [-0.05, 0) is 52.7 Å². The van der Waals surface area contributed by atoms with E-state index in [9.17, 15) is 0 Å². The van der Waals surface area contributed by atoms with Gasteiger partial charge in [-0.1, -0.05) is 0 Å². The van der Waals surface area contributed by atoms with Crippen molar-refractivity contribution in [3.8, 4) is 0 Å². The third-order valence-corrected chi connectivity index (χ3v) is 4.70. The van der Waals surface area contributed by atoms with E-state index in [-0.39, 0.29) is 16.7 Å². The van der Waals surface area contributed by atoms with Crippen molar-refractivity contribution in [3.63, 3.8) is 0 Å². The number of nitrogens with zero attached hydrogens (tertiary/aromatic N) is 1. The van der Waals surface area contributed by atoms with E-state index in [2.05, 4.69) is 4.98 Å². The average Bonchev–Trinajstić information content (AvgIpc) is 3.02. The Morgan fingerprint density at radius 1 is 1.10 bits per heavy atom. The number of nitrogens with two attached hydrogens (primary N) is 2. The quantitative estimate of drug-likeness (QED) is 0.784.